The summed E-state index contributed by atoms with van der Waals surface area (Å²) in [7, 11) is -2.36. The first-order valence-electron chi connectivity index (χ1n) is 8.05. The standard InChI is InChI=1S/C18H20N4O3S/c1-18(2,3)16(23)13-10-19-17-15(13)21-14(11-20-17)22(4)26(24,25)12-8-6-5-7-9-12/h5-11H,1-4H3,(H,19,20). The number of aromatic amines is 1. The highest BCUT2D eigenvalue weighted by Gasteiger charge is 2.28. The molecule has 2 heterocycles. The second-order valence-electron chi connectivity index (χ2n) is 6.99. The van der Waals surface area contributed by atoms with Crippen LogP contribution in [-0.2, 0) is 10.0 Å². The molecule has 8 heteroatoms. The minimum atomic E-state index is -3.77. The van der Waals surface area contributed by atoms with Crippen LogP contribution < -0.4 is 4.31 Å². The predicted octanol–water partition coefficient (Wildman–Crippen LogP) is 3.01. The molecule has 0 bridgehead atoms. The van der Waals surface area contributed by atoms with Crippen LogP contribution in [0.2, 0.25) is 0 Å². The van der Waals surface area contributed by atoms with Gasteiger partial charge in [-0.15, -0.1) is 0 Å². The molecule has 0 atom stereocenters. The molecule has 0 radical (unpaired) electrons. The molecule has 0 aliphatic carbocycles. The zero-order chi connectivity index (χ0) is 19.1. The number of sulfonamides is 1. The van der Waals surface area contributed by atoms with Crippen LogP contribution in [0.15, 0.2) is 47.6 Å². The number of nitrogens with one attached hydrogen (secondary N) is 1. The summed E-state index contributed by atoms with van der Waals surface area (Å²) in [5, 5.41) is 0. The molecule has 26 heavy (non-hydrogen) atoms. The number of hydrogen-bond donors (Lipinski definition) is 1. The second-order valence-corrected chi connectivity index (χ2v) is 8.96. The van der Waals surface area contributed by atoms with Gasteiger partial charge in [-0.05, 0) is 12.1 Å². The minimum absolute atomic E-state index is 0.0937. The van der Waals surface area contributed by atoms with E-state index in [1.54, 1.807) is 24.4 Å². The minimum Gasteiger partial charge on any atom is -0.344 e. The van der Waals surface area contributed by atoms with Crippen LogP contribution in [0.5, 0.6) is 0 Å². The molecule has 0 amide bonds. The van der Waals surface area contributed by atoms with Crippen molar-refractivity contribution in [2.75, 3.05) is 11.4 Å². The van der Waals surface area contributed by atoms with Crippen LogP contribution in [0.25, 0.3) is 11.2 Å². The van der Waals surface area contributed by atoms with Gasteiger partial charge in [0.05, 0.1) is 16.7 Å². The van der Waals surface area contributed by atoms with E-state index in [1.165, 1.54) is 25.4 Å². The fourth-order valence-electron chi connectivity index (χ4n) is 2.48. The van der Waals surface area contributed by atoms with Crippen LogP contribution in [0.4, 0.5) is 5.82 Å². The molecule has 0 saturated heterocycles. The van der Waals surface area contributed by atoms with E-state index in [9.17, 15) is 13.2 Å². The zero-order valence-corrected chi connectivity index (χ0v) is 15.8. The number of nitrogens with zero attached hydrogens (tertiary/aromatic N) is 3. The molecular weight excluding hydrogens is 352 g/mol. The van der Waals surface area contributed by atoms with E-state index in [1.807, 2.05) is 20.8 Å². The Hall–Kier alpha value is -2.74. The molecule has 0 aliphatic heterocycles. The van der Waals surface area contributed by atoms with Gasteiger partial charge in [0.1, 0.15) is 5.52 Å². The average Bonchev–Trinajstić information content (AvgIpc) is 3.03. The van der Waals surface area contributed by atoms with Crippen molar-refractivity contribution in [3.63, 3.8) is 0 Å². The van der Waals surface area contributed by atoms with Crippen molar-refractivity contribution < 1.29 is 13.2 Å². The molecule has 1 N–H and O–H groups in total. The molecular formula is C18H20N4O3S. The summed E-state index contributed by atoms with van der Waals surface area (Å²) in [5.74, 6) is 0.0488. The van der Waals surface area contributed by atoms with Crippen molar-refractivity contribution in [2.24, 2.45) is 5.41 Å². The lowest BCUT2D eigenvalue weighted by Gasteiger charge is -2.18. The van der Waals surface area contributed by atoms with Crippen LogP contribution >= 0.6 is 0 Å². The third kappa shape index (κ3) is 3.08. The van der Waals surface area contributed by atoms with E-state index < -0.39 is 15.4 Å². The Bertz CT molecular complexity index is 1070. The van der Waals surface area contributed by atoms with Crippen LogP contribution in [0.1, 0.15) is 31.1 Å². The van der Waals surface area contributed by atoms with Crippen molar-refractivity contribution in [1.82, 2.24) is 15.0 Å². The van der Waals surface area contributed by atoms with Crippen molar-refractivity contribution in [1.29, 1.82) is 0 Å². The largest absolute Gasteiger partial charge is 0.344 e. The summed E-state index contributed by atoms with van der Waals surface area (Å²) < 4.78 is 26.6. The lowest BCUT2D eigenvalue weighted by Crippen LogP contribution is -2.27. The third-order valence-electron chi connectivity index (χ3n) is 4.02. The normalized spacial score (nSPS) is 12.3. The topological polar surface area (TPSA) is 96.0 Å². The Morgan fingerprint density at radius 1 is 1.15 bits per heavy atom. The van der Waals surface area contributed by atoms with E-state index >= 15 is 0 Å². The Balaban J connectivity index is 2.08. The summed E-state index contributed by atoms with van der Waals surface area (Å²) in [6, 6.07) is 8.09. The summed E-state index contributed by atoms with van der Waals surface area (Å²) >= 11 is 0. The van der Waals surface area contributed by atoms with Gasteiger partial charge in [-0.25, -0.2) is 18.4 Å². The smallest absolute Gasteiger partial charge is 0.265 e. The number of benzene rings is 1. The van der Waals surface area contributed by atoms with Gasteiger partial charge in [-0.1, -0.05) is 39.0 Å². The summed E-state index contributed by atoms with van der Waals surface area (Å²) in [5.41, 5.74) is 0.603. The molecule has 136 valence electrons. The number of aromatic nitrogens is 3. The van der Waals surface area contributed by atoms with Gasteiger partial charge in [0, 0.05) is 18.7 Å². The first kappa shape index (κ1) is 18.1. The highest BCUT2D eigenvalue weighted by molar-refractivity contribution is 7.92. The number of rotatable bonds is 4. The van der Waals surface area contributed by atoms with Gasteiger partial charge in [0.2, 0.25) is 0 Å². The monoisotopic (exact) mass is 372 g/mol. The van der Waals surface area contributed by atoms with Gasteiger partial charge >= 0.3 is 0 Å². The highest BCUT2D eigenvalue weighted by atomic mass is 32.2. The molecule has 0 fully saturated rings. The quantitative estimate of drug-likeness (QED) is 0.710. The lowest BCUT2D eigenvalue weighted by atomic mass is 9.87. The first-order chi connectivity index (χ1) is 12.1. The number of anilines is 1. The maximum Gasteiger partial charge on any atom is 0.265 e. The molecule has 2 aromatic heterocycles. The van der Waals surface area contributed by atoms with E-state index in [4.69, 9.17) is 0 Å². The van der Waals surface area contributed by atoms with Gasteiger partial charge in [-0.3, -0.25) is 9.10 Å². The van der Waals surface area contributed by atoms with Crippen LogP contribution in [0.3, 0.4) is 0 Å². The maximum absolute atomic E-state index is 12.8. The van der Waals surface area contributed by atoms with Crippen LogP contribution in [0, 0.1) is 5.41 Å². The van der Waals surface area contributed by atoms with Crippen LogP contribution in [-0.4, -0.2) is 36.2 Å². The summed E-state index contributed by atoms with van der Waals surface area (Å²) in [6.45, 7) is 5.45. The van der Waals surface area contributed by atoms with Gasteiger partial charge in [0.25, 0.3) is 10.0 Å². The SMILES string of the molecule is CN(c1cnc2[nH]cc(C(=O)C(C)(C)C)c2n1)S(=O)(=O)c1ccccc1. The number of H-pyrrole nitrogens is 1. The number of fused-ring (bicyclic) bond motifs is 1. The Labute approximate surface area is 152 Å². The second kappa shape index (κ2) is 6.21. The van der Waals surface area contributed by atoms with Crippen molar-refractivity contribution in [2.45, 2.75) is 25.7 Å². The predicted molar refractivity (Wildman–Crippen MR) is 99.7 cm³/mol. The Kier molecular flexibility index (Phi) is 4.31. The lowest BCUT2D eigenvalue weighted by molar-refractivity contribution is 0.0860. The summed E-state index contributed by atoms with van der Waals surface area (Å²) in [6.07, 6.45) is 2.93. The van der Waals surface area contributed by atoms with Crippen molar-refractivity contribution in [3.8, 4) is 0 Å². The fraction of sp³-hybridized carbons (Fsp3) is 0.278. The number of carbonyl (C=O) groups is 1. The van der Waals surface area contributed by atoms with E-state index in [0.717, 1.165) is 4.31 Å². The maximum atomic E-state index is 12.8. The van der Waals surface area contributed by atoms with Crippen molar-refractivity contribution >= 4 is 32.8 Å². The fourth-order valence-corrected chi connectivity index (χ4v) is 3.64. The number of carbonyl (C=O) groups excluding carboxylic acids is 1. The number of Topliss-reactive ketones (excluding diaryl/α,β-unsaturated/α-hetero) is 1. The van der Waals surface area contributed by atoms with Gasteiger partial charge in [-0.2, -0.15) is 0 Å². The molecule has 3 rings (SSSR count). The first-order valence-corrected chi connectivity index (χ1v) is 9.49. The molecule has 0 spiro atoms. The van der Waals surface area contributed by atoms with E-state index in [0.29, 0.717) is 16.7 Å². The zero-order valence-electron chi connectivity index (χ0n) is 15.0. The molecule has 3 aromatic rings. The molecule has 1 aromatic carbocycles. The van der Waals surface area contributed by atoms with E-state index in [2.05, 4.69) is 15.0 Å². The third-order valence-corrected chi connectivity index (χ3v) is 5.79. The average molecular weight is 372 g/mol. The summed E-state index contributed by atoms with van der Waals surface area (Å²) in [4.78, 5) is 24.3. The van der Waals surface area contributed by atoms with Gasteiger partial charge < -0.3 is 4.98 Å². The number of hydrogen-bond acceptors (Lipinski definition) is 5. The number of ketones is 1. The van der Waals surface area contributed by atoms with Crippen molar-refractivity contribution in [3.05, 3.63) is 48.3 Å². The molecule has 7 nitrogen and oxygen atoms in total. The Morgan fingerprint density at radius 3 is 2.42 bits per heavy atom. The van der Waals surface area contributed by atoms with E-state index in [-0.39, 0.29) is 16.5 Å². The highest BCUT2D eigenvalue weighted by Crippen LogP contribution is 2.27. The molecule has 0 aliphatic rings. The Morgan fingerprint density at radius 2 is 1.81 bits per heavy atom. The molecule has 0 saturated carbocycles. The molecule has 0 unspecified atom stereocenters. The van der Waals surface area contributed by atoms with Gasteiger partial charge in [0.15, 0.2) is 17.2 Å².